The maximum atomic E-state index is 5.85. The predicted octanol–water partition coefficient (Wildman–Crippen LogP) is 0.923. The van der Waals surface area contributed by atoms with Crippen LogP contribution in [-0.2, 0) is 6.54 Å². The van der Waals surface area contributed by atoms with Gasteiger partial charge in [0.1, 0.15) is 0 Å². The molecule has 1 aliphatic rings. The van der Waals surface area contributed by atoms with Gasteiger partial charge in [0.05, 0.1) is 0 Å². The van der Waals surface area contributed by atoms with Crippen LogP contribution in [0.1, 0.15) is 17.7 Å². The van der Waals surface area contributed by atoms with E-state index in [-0.39, 0.29) is 0 Å². The van der Waals surface area contributed by atoms with Gasteiger partial charge in [0, 0.05) is 37.6 Å². The van der Waals surface area contributed by atoms with Gasteiger partial charge in [-0.05, 0) is 31.0 Å². The van der Waals surface area contributed by atoms with Crippen molar-refractivity contribution in [2.24, 2.45) is 5.73 Å². The van der Waals surface area contributed by atoms with Crippen LogP contribution in [0.2, 0.25) is 0 Å². The van der Waals surface area contributed by atoms with Crippen LogP contribution >= 0.6 is 0 Å². The molecule has 0 radical (unpaired) electrons. The summed E-state index contributed by atoms with van der Waals surface area (Å²) in [4.78, 5) is 6.59. The molecule has 3 nitrogen and oxygen atoms in total. The number of likely N-dealkylation sites (tertiary alicyclic amines) is 1. The molecule has 0 spiro atoms. The summed E-state index contributed by atoms with van der Waals surface area (Å²) in [6.07, 6.45) is 3.00. The number of nitrogens with two attached hydrogens (primary N) is 1. The number of rotatable bonds is 2. The Labute approximate surface area is 84.9 Å². The molecular formula is C11H17N3. The second kappa shape index (κ2) is 4.07. The van der Waals surface area contributed by atoms with Gasteiger partial charge in [-0.15, -0.1) is 0 Å². The zero-order valence-corrected chi connectivity index (χ0v) is 8.61. The number of pyridine rings is 1. The lowest BCUT2D eigenvalue weighted by atomic mass is 10.2. The molecule has 0 saturated carbocycles. The van der Waals surface area contributed by atoms with Crippen LogP contribution < -0.4 is 5.73 Å². The smallest absolute Gasteiger partial charge is 0.0375 e. The van der Waals surface area contributed by atoms with E-state index in [4.69, 9.17) is 5.73 Å². The first-order chi connectivity index (χ1) is 6.74. The van der Waals surface area contributed by atoms with Gasteiger partial charge in [-0.1, -0.05) is 0 Å². The van der Waals surface area contributed by atoms with Crippen molar-refractivity contribution in [2.75, 3.05) is 13.1 Å². The van der Waals surface area contributed by atoms with Crippen LogP contribution in [0.25, 0.3) is 0 Å². The molecule has 2 N–H and O–H groups in total. The Morgan fingerprint density at radius 1 is 1.64 bits per heavy atom. The van der Waals surface area contributed by atoms with E-state index in [0.717, 1.165) is 31.7 Å². The van der Waals surface area contributed by atoms with E-state index >= 15 is 0 Å². The first kappa shape index (κ1) is 9.62. The average molecular weight is 191 g/mol. The highest BCUT2D eigenvalue weighted by Crippen LogP contribution is 2.12. The van der Waals surface area contributed by atoms with Crippen molar-refractivity contribution in [3.8, 4) is 0 Å². The molecule has 1 aromatic heterocycles. The highest BCUT2D eigenvalue weighted by Gasteiger charge is 2.18. The van der Waals surface area contributed by atoms with Crippen molar-refractivity contribution in [3.05, 3.63) is 29.6 Å². The van der Waals surface area contributed by atoms with Crippen LogP contribution in [0.15, 0.2) is 18.3 Å². The molecule has 0 aliphatic carbocycles. The van der Waals surface area contributed by atoms with Crippen molar-refractivity contribution >= 4 is 0 Å². The Bertz CT molecular complexity index is 311. The third-order valence-corrected chi connectivity index (χ3v) is 2.68. The largest absolute Gasteiger partial charge is 0.326 e. The topological polar surface area (TPSA) is 42.1 Å². The Balaban J connectivity index is 1.97. The summed E-state index contributed by atoms with van der Waals surface area (Å²) in [5.41, 5.74) is 8.28. The Morgan fingerprint density at radius 3 is 3.14 bits per heavy atom. The Kier molecular flexibility index (Phi) is 2.79. The standard InChI is InChI=1S/C11H17N3/c1-9-6-10(2-4-13-9)7-14-5-3-11(12)8-14/h2,4,6,11H,3,5,7-8,12H2,1H3. The molecule has 1 atom stereocenters. The van der Waals surface area contributed by atoms with Gasteiger partial charge in [-0.2, -0.15) is 0 Å². The van der Waals surface area contributed by atoms with Crippen LogP contribution in [0.5, 0.6) is 0 Å². The minimum atomic E-state index is 0.373. The number of hydrogen-bond donors (Lipinski definition) is 1. The summed E-state index contributed by atoms with van der Waals surface area (Å²) in [5, 5.41) is 0. The summed E-state index contributed by atoms with van der Waals surface area (Å²) >= 11 is 0. The third-order valence-electron chi connectivity index (χ3n) is 2.68. The summed E-state index contributed by atoms with van der Waals surface area (Å²) in [5.74, 6) is 0. The van der Waals surface area contributed by atoms with Gasteiger partial charge in [0.2, 0.25) is 0 Å². The van der Waals surface area contributed by atoms with Gasteiger partial charge >= 0.3 is 0 Å². The first-order valence-electron chi connectivity index (χ1n) is 5.13. The molecule has 0 amide bonds. The van der Waals surface area contributed by atoms with Crippen molar-refractivity contribution in [1.82, 2.24) is 9.88 Å². The van der Waals surface area contributed by atoms with Gasteiger partial charge in [0.25, 0.3) is 0 Å². The number of aromatic nitrogens is 1. The van der Waals surface area contributed by atoms with Gasteiger partial charge in [-0.3, -0.25) is 9.88 Å². The van der Waals surface area contributed by atoms with Crippen molar-refractivity contribution in [2.45, 2.75) is 25.9 Å². The number of hydrogen-bond acceptors (Lipinski definition) is 3. The molecule has 2 heterocycles. The third kappa shape index (κ3) is 2.30. The SMILES string of the molecule is Cc1cc(CN2CCC(N)C2)ccn1. The van der Waals surface area contributed by atoms with E-state index in [1.807, 2.05) is 13.1 Å². The van der Waals surface area contributed by atoms with Crippen LogP contribution in [-0.4, -0.2) is 29.0 Å². The fourth-order valence-electron chi connectivity index (χ4n) is 1.97. The lowest BCUT2D eigenvalue weighted by Crippen LogP contribution is -2.26. The van der Waals surface area contributed by atoms with Crippen LogP contribution in [0, 0.1) is 6.92 Å². The molecule has 1 fully saturated rings. The molecule has 1 unspecified atom stereocenters. The van der Waals surface area contributed by atoms with E-state index in [1.54, 1.807) is 0 Å². The predicted molar refractivity (Wildman–Crippen MR) is 56.8 cm³/mol. The first-order valence-corrected chi connectivity index (χ1v) is 5.13. The van der Waals surface area contributed by atoms with E-state index in [0.29, 0.717) is 6.04 Å². The molecule has 76 valence electrons. The Morgan fingerprint density at radius 2 is 2.50 bits per heavy atom. The zero-order chi connectivity index (χ0) is 9.97. The fraction of sp³-hybridized carbons (Fsp3) is 0.545. The molecular weight excluding hydrogens is 174 g/mol. The maximum absolute atomic E-state index is 5.85. The lowest BCUT2D eigenvalue weighted by molar-refractivity contribution is 0.327. The molecule has 14 heavy (non-hydrogen) atoms. The van der Waals surface area contributed by atoms with Gasteiger partial charge < -0.3 is 5.73 Å². The molecule has 2 rings (SSSR count). The van der Waals surface area contributed by atoms with Crippen molar-refractivity contribution in [1.29, 1.82) is 0 Å². The second-order valence-corrected chi connectivity index (χ2v) is 4.09. The molecule has 1 aromatic rings. The quantitative estimate of drug-likeness (QED) is 0.756. The monoisotopic (exact) mass is 191 g/mol. The summed E-state index contributed by atoms with van der Waals surface area (Å²) in [6.45, 7) is 5.19. The fourth-order valence-corrected chi connectivity index (χ4v) is 1.97. The lowest BCUT2D eigenvalue weighted by Gasteiger charge is -2.14. The molecule has 1 saturated heterocycles. The normalized spacial score (nSPS) is 22.9. The van der Waals surface area contributed by atoms with Gasteiger partial charge in [-0.25, -0.2) is 0 Å². The molecule has 0 bridgehead atoms. The van der Waals surface area contributed by atoms with Crippen LogP contribution in [0.4, 0.5) is 0 Å². The van der Waals surface area contributed by atoms with E-state index < -0.39 is 0 Å². The Hall–Kier alpha value is -0.930. The summed E-state index contributed by atoms with van der Waals surface area (Å²) in [7, 11) is 0. The maximum Gasteiger partial charge on any atom is 0.0375 e. The van der Waals surface area contributed by atoms with E-state index in [2.05, 4.69) is 22.0 Å². The van der Waals surface area contributed by atoms with E-state index in [1.165, 1.54) is 5.56 Å². The number of nitrogens with zero attached hydrogens (tertiary/aromatic N) is 2. The van der Waals surface area contributed by atoms with Gasteiger partial charge in [0.15, 0.2) is 0 Å². The van der Waals surface area contributed by atoms with E-state index in [9.17, 15) is 0 Å². The average Bonchev–Trinajstić information content (AvgIpc) is 2.51. The second-order valence-electron chi connectivity index (χ2n) is 4.09. The highest BCUT2D eigenvalue weighted by atomic mass is 15.2. The number of aryl methyl sites for hydroxylation is 1. The zero-order valence-electron chi connectivity index (χ0n) is 8.61. The highest BCUT2D eigenvalue weighted by molar-refractivity contribution is 5.15. The van der Waals surface area contributed by atoms with Crippen molar-refractivity contribution in [3.63, 3.8) is 0 Å². The molecule has 0 aromatic carbocycles. The summed E-state index contributed by atoms with van der Waals surface area (Å²) in [6, 6.07) is 4.60. The van der Waals surface area contributed by atoms with Crippen molar-refractivity contribution < 1.29 is 0 Å². The molecule has 1 aliphatic heterocycles. The minimum Gasteiger partial charge on any atom is -0.326 e. The van der Waals surface area contributed by atoms with Crippen LogP contribution in [0.3, 0.4) is 0 Å². The minimum absolute atomic E-state index is 0.373. The summed E-state index contributed by atoms with van der Waals surface area (Å²) < 4.78 is 0. The molecule has 3 heteroatoms.